The predicted octanol–water partition coefficient (Wildman–Crippen LogP) is 3.75. The van der Waals surface area contributed by atoms with Crippen LogP contribution >= 0.6 is 0 Å². The molecule has 2 fully saturated rings. The second-order valence-corrected chi connectivity index (χ2v) is 7.42. The molecule has 0 aromatic rings. The van der Waals surface area contributed by atoms with Crippen molar-refractivity contribution in [3.05, 3.63) is 0 Å². The first-order chi connectivity index (χ1) is 8.47. The molecular weight excluding hydrogens is 222 g/mol. The summed E-state index contributed by atoms with van der Waals surface area (Å²) >= 11 is 0. The van der Waals surface area contributed by atoms with Crippen molar-refractivity contribution in [2.24, 2.45) is 11.3 Å². The lowest BCUT2D eigenvalue weighted by molar-refractivity contribution is -0.152. The molecule has 1 heterocycles. The van der Waals surface area contributed by atoms with Gasteiger partial charge in [-0.05, 0) is 37.0 Å². The molecule has 1 saturated heterocycles. The summed E-state index contributed by atoms with van der Waals surface area (Å²) in [5.41, 5.74) is 0.551. The van der Waals surface area contributed by atoms with Gasteiger partial charge in [0.15, 0.2) is 0 Å². The van der Waals surface area contributed by atoms with Crippen LogP contribution in [0.15, 0.2) is 0 Å². The fraction of sp³-hybridized carbons (Fsp3) is 1.00. The number of hydrogen-bond donors (Lipinski definition) is 1. The fourth-order valence-electron chi connectivity index (χ4n) is 4.48. The highest BCUT2D eigenvalue weighted by Crippen LogP contribution is 2.48. The van der Waals surface area contributed by atoms with Crippen LogP contribution in [0.4, 0.5) is 0 Å². The van der Waals surface area contributed by atoms with E-state index in [1.165, 1.54) is 38.5 Å². The van der Waals surface area contributed by atoms with Crippen molar-refractivity contribution < 1.29 is 4.74 Å². The standard InChI is InChI=1S/C16H31NO/c1-5-6-7-14-16(18-9-8-17-14)11-13(2)10-15(3,4)12-16/h13-14,17H,5-12H2,1-4H3. The van der Waals surface area contributed by atoms with Crippen molar-refractivity contribution in [1.82, 2.24) is 5.32 Å². The van der Waals surface area contributed by atoms with Gasteiger partial charge in [-0.25, -0.2) is 0 Å². The third kappa shape index (κ3) is 3.08. The lowest BCUT2D eigenvalue weighted by Crippen LogP contribution is -2.61. The molecule has 106 valence electrons. The number of rotatable bonds is 3. The van der Waals surface area contributed by atoms with E-state index in [0.29, 0.717) is 11.5 Å². The Morgan fingerprint density at radius 1 is 1.28 bits per heavy atom. The van der Waals surface area contributed by atoms with Gasteiger partial charge in [0.1, 0.15) is 0 Å². The second kappa shape index (κ2) is 5.50. The summed E-state index contributed by atoms with van der Waals surface area (Å²) in [7, 11) is 0. The Bertz CT molecular complexity index is 276. The van der Waals surface area contributed by atoms with Crippen LogP contribution in [0.5, 0.6) is 0 Å². The van der Waals surface area contributed by atoms with E-state index in [0.717, 1.165) is 19.1 Å². The number of ether oxygens (including phenoxy) is 1. The maximum atomic E-state index is 6.36. The molecule has 1 spiro atoms. The molecule has 1 aliphatic carbocycles. The summed E-state index contributed by atoms with van der Waals surface area (Å²) in [6.07, 6.45) is 7.70. The van der Waals surface area contributed by atoms with Crippen LogP contribution in [0.25, 0.3) is 0 Å². The summed E-state index contributed by atoms with van der Waals surface area (Å²) in [6.45, 7) is 11.4. The van der Waals surface area contributed by atoms with Crippen molar-refractivity contribution in [2.75, 3.05) is 13.2 Å². The average molecular weight is 253 g/mol. The Labute approximate surface area is 113 Å². The van der Waals surface area contributed by atoms with E-state index in [1.54, 1.807) is 0 Å². The molecule has 2 rings (SSSR count). The summed E-state index contributed by atoms with van der Waals surface area (Å²) in [4.78, 5) is 0. The largest absolute Gasteiger partial charge is 0.372 e. The molecule has 3 atom stereocenters. The zero-order valence-electron chi connectivity index (χ0n) is 12.7. The minimum Gasteiger partial charge on any atom is -0.372 e. The molecule has 0 radical (unpaired) electrons. The van der Waals surface area contributed by atoms with E-state index in [1.807, 2.05) is 0 Å². The minimum absolute atomic E-state index is 0.120. The normalized spacial score (nSPS) is 40.0. The molecule has 0 aromatic heterocycles. The van der Waals surface area contributed by atoms with E-state index in [4.69, 9.17) is 4.74 Å². The van der Waals surface area contributed by atoms with Crippen LogP contribution in [-0.2, 0) is 4.74 Å². The molecule has 1 saturated carbocycles. The molecule has 3 unspecified atom stereocenters. The van der Waals surface area contributed by atoms with E-state index in [-0.39, 0.29) is 5.60 Å². The number of unbranched alkanes of at least 4 members (excludes halogenated alkanes) is 1. The van der Waals surface area contributed by atoms with Crippen molar-refractivity contribution in [2.45, 2.75) is 77.9 Å². The zero-order chi connectivity index (χ0) is 13.2. The molecule has 1 aliphatic heterocycles. The first-order valence-electron chi connectivity index (χ1n) is 7.85. The molecule has 1 N–H and O–H groups in total. The van der Waals surface area contributed by atoms with Gasteiger partial charge < -0.3 is 10.1 Å². The van der Waals surface area contributed by atoms with Crippen molar-refractivity contribution in [1.29, 1.82) is 0 Å². The summed E-state index contributed by atoms with van der Waals surface area (Å²) in [5, 5.41) is 3.75. The maximum Gasteiger partial charge on any atom is 0.0843 e. The Morgan fingerprint density at radius 3 is 2.72 bits per heavy atom. The second-order valence-electron chi connectivity index (χ2n) is 7.42. The first-order valence-corrected chi connectivity index (χ1v) is 7.85. The van der Waals surface area contributed by atoms with Crippen LogP contribution in [0.1, 0.15) is 66.2 Å². The molecule has 0 amide bonds. The van der Waals surface area contributed by atoms with Gasteiger partial charge in [0.2, 0.25) is 0 Å². The van der Waals surface area contributed by atoms with E-state index >= 15 is 0 Å². The van der Waals surface area contributed by atoms with Gasteiger partial charge in [0, 0.05) is 12.6 Å². The highest BCUT2D eigenvalue weighted by Gasteiger charge is 2.49. The molecule has 2 heteroatoms. The zero-order valence-corrected chi connectivity index (χ0v) is 12.7. The molecule has 2 aliphatic rings. The van der Waals surface area contributed by atoms with Gasteiger partial charge >= 0.3 is 0 Å². The quantitative estimate of drug-likeness (QED) is 0.827. The first kappa shape index (κ1) is 14.3. The van der Waals surface area contributed by atoms with Gasteiger partial charge in [0.25, 0.3) is 0 Å². The predicted molar refractivity (Wildman–Crippen MR) is 76.8 cm³/mol. The number of hydrogen-bond acceptors (Lipinski definition) is 2. The fourth-order valence-corrected chi connectivity index (χ4v) is 4.48. The van der Waals surface area contributed by atoms with Gasteiger partial charge in [-0.1, -0.05) is 40.5 Å². The van der Waals surface area contributed by atoms with E-state index in [2.05, 4.69) is 33.0 Å². The number of morpholine rings is 1. The Hall–Kier alpha value is -0.0800. The van der Waals surface area contributed by atoms with Crippen LogP contribution in [0.2, 0.25) is 0 Å². The van der Waals surface area contributed by atoms with E-state index in [9.17, 15) is 0 Å². The molecule has 18 heavy (non-hydrogen) atoms. The van der Waals surface area contributed by atoms with Crippen LogP contribution in [0, 0.1) is 11.3 Å². The van der Waals surface area contributed by atoms with Crippen LogP contribution in [-0.4, -0.2) is 24.8 Å². The van der Waals surface area contributed by atoms with Crippen molar-refractivity contribution in [3.63, 3.8) is 0 Å². The minimum atomic E-state index is 0.120. The van der Waals surface area contributed by atoms with Gasteiger partial charge in [-0.3, -0.25) is 0 Å². The van der Waals surface area contributed by atoms with Gasteiger partial charge in [-0.2, -0.15) is 0 Å². The molecule has 0 aromatic carbocycles. The highest BCUT2D eigenvalue weighted by atomic mass is 16.5. The SMILES string of the molecule is CCCCC1NCCOC12CC(C)CC(C)(C)C2. The van der Waals surface area contributed by atoms with Gasteiger partial charge in [-0.15, -0.1) is 0 Å². The summed E-state index contributed by atoms with van der Waals surface area (Å²) in [5.74, 6) is 0.790. The summed E-state index contributed by atoms with van der Waals surface area (Å²) < 4.78 is 6.36. The lowest BCUT2D eigenvalue weighted by Gasteiger charge is -2.53. The lowest BCUT2D eigenvalue weighted by atomic mass is 9.62. The van der Waals surface area contributed by atoms with Crippen molar-refractivity contribution >= 4 is 0 Å². The number of nitrogens with one attached hydrogen (secondary N) is 1. The Kier molecular flexibility index (Phi) is 4.38. The third-order valence-corrected chi connectivity index (χ3v) is 4.74. The highest BCUT2D eigenvalue weighted by molar-refractivity contribution is 5.03. The Morgan fingerprint density at radius 2 is 2.06 bits per heavy atom. The average Bonchev–Trinajstić information content (AvgIpc) is 2.25. The van der Waals surface area contributed by atoms with E-state index < -0.39 is 0 Å². The topological polar surface area (TPSA) is 21.3 Å². The Balaban J connectivity index is 2.13. The van der Waals surface area contributed by atoms with Crippen molar-refractivity contribution in [3.8, 4) is 0 Å². The monoisotopic (exact) mass is 253 g/mol. The molecular formula is C16H31NO. The summed E-state index contributed by atoms with van der Waals surface area (Å²) in [6, 6.07) is 0.577. The third-order valence-electron chi connectivity index (χ3n) is 4.74. The molecule has 0 bridgehead atoms. The maximum absolute atomic E-state index is 6.36. The van der Waals surface area contributed by atoms with Crippen LogP contribution in [0.3, 0.4) is 0 Å². The van der Waals surface area contributed by atoms with Gasteiger partial charge in [0.05, 0.1) is 12.2 Å². The molecule has 2 nitrogen and oxygen atoms in total. The smallest absolute Gasteiger partial charge is 0.0843 e. The van der Waals surface area contributed by atoms with Crippen LogP contribution < -0.4 is 5.32 Å².